The number of piperazine rings is 1. The summed E-state index contributed by atoms with van der Waals surface area (Å²) >= 11 is 5.86. The van der Waals surface area contributed by atoms with Crippen LogP contribution in [0.2, 0.25) is 5.02 Å². The summed E-state index contributed by atoms with van der Waals surface area (Å²) in [7, 11) is 0. The van der Waals surface area contributed by atoms with Crippen LogP contribution in [-0.2, 0) is 0 Å². The maximum Gasteiger partial charge on any atom is 0.119 e. The van der Waals surface area contributed by atoms with Crippen LogP contribution >= 0.6 is 11.6 Å². The summed E-state index contributed by atoms with van der Waals surface area (Å²) < 4.78 is 5.77. The Balaban J connectivity index is 1.34. The predicted molar refractivity (Wildman–Crippen MR) is 86.2 cm³/mol. The van der Waals surface area contributed by atoms with Gasteiger partial charge in [-0.05, 0) is 37.2 Å². The fourth-order valence-electron chi connectivity index (χ4n) is 3.13. The molecule has 5 heteroatoms. The quantitative estimate of drug-likeness (QED) is 0.896. The number of hydrogen-bond donors (Lipinski definition) is 1. The van der Waals surface area contributed by atoms with Gasteiger partial charge in [-0.15, -0.1) is 0 Å². The molecule has 21 heavy (non-hydrogen) atoms. The van der Waals surface area contributed by atoms with Gasteiger partial charge in [0, 0.05) is 50.3 Å². The van der Waals surface area contributed by atoms with Crippen molar-refractivity contribution >= 4 is 11.6 Å². The summed E-state index contributed by atoms with van der Waals surface area (Å²) in [4.78, 5) is 5.13. The van der Waals surface area contributed by atoms with Crippen LogP contribution in [0.5, 0.6) is 5.75 Å². The first-order chi connectivity index (χ1) is 10.3. The van der Waals surface area contributed by atoms with Crippen molar-refractivity contribution in [3.63, 3.8) is 0 Å². The van der Waals surface area contributed by atoms with Gasteiger partial charge in [0.05, 0.1) is 0 Å². The van der Waals surface area contributed by atoms with E-state index in [0.29, 0.717) is 0 Å². The van der Waals surface area contributed by atoms with Crippen molar-refractivity contribution < 1.29 is 4.74 Å². The summed E-state index contributed by atoms with van der Waals surface area (Å²) in [6.07, 6.45) is 1.31. The molecule has 0 aromatic heterocycles. The first kappa shape index (κ1) is 15.1. The Morgan fingerprint density at radius 1 is 1.14 bits per heavy atom. The monoisotopic (exact) mass is 309 g/mol. The van der Waals surface area contributed by atoms with Crippen molar-refractivity contribution in [3.8, 4) is 5.75 Å². The van der Waals surface area contributed by atoms with Crippen LogP contribution < -0.4 is 10.1 Å². The molecule has 0 radical (unpaired) electrons. The molecule has 2 aliphatic heterocycles. The molecule has 2 aliphatic rings. The Kier molecular flexibility index (Phi) is 5.36. The van der Waals surface area contributed by atoms with Gasteiger partial charge >= 0.3 is 0 Å². The fourth-order valence-corrected chi connectivity index (χ4v) is 3.25. The molecule has 116 valence electrons. The Morgan fingerprint density at radius 2 is 1.90 bits per heavy atom. The maximum absolute atomic E-state index is 5.86. The third-order valence-electron chi connectivity index (χ3n) is 4.45. The van der Waals surface area contributed by atoms with Gasteiger partial charge in [0.25, 0.3) is 0 Å². The van der Waals surface area contributed by atoms with E-state index in [-0.39, 0.29) is 0 Å². The van der Waals surface area contributed by atoms with Crippen molar-refractivity contribution in [1.82, 2.24) is 15.1 Å². The van der Waals surface area contributed by atoms with E-state index in [1.54, 1.807) is 0 Å². The first-order valence-corrected chi connectivity index (χ1v) is 8.24. The molecule has 3 rings (SSSR count). The zero-order valence-corrected chi connectivity index (χ0v) is 13.2. The molecule has 2 heterocycles. The van der Waals surface area contributed by atoms with Gasteiger partial charge in [-0.1, -0.05) is 11.6 Å². The molecule has 4 nitrogen and oxygen atoms in total. The van der Waals surface area contributed by atoms with Crippen LogP contribution in [0, 0.1) is 0 Å². The lowest BCUT2D eigenvalue weighted by Gasteiger charge is -2.37. The molecule has 0 saturated carbocycles. The molecule has 2 fully saturated rings. The van der Waals surface area contributed by atoms with Crippen LogP contribution in [0.15, 0.2) is 24.3 Å². The average molecular weight is 310 g/mol. The van der Waals surface area contributed by atoms with Crippen molar-refractivity contribution in [2.24, 2.45) is 0 Å². The number of ether oxygens (including phenoxy) is 1. The average Bonchev–Trinajstić information content (AvgIpc) is 3.04. The van der Waals surface area contributed by atoms with E-state index in [0.717, 1.165) is 43.1 Å². The molecule has 0 bridgehead atoms. The van der Waals surface area contributed by atoms with Crippen molar-refractivity contribution in [3.05, 3.63) is 29.3 Å². The fraction of sp³-hybridized carbons (Fsp3) is 0.625. The molecular weight excluding hydrogens is 286 g/mol. The molecule has 1 atom stereocenters. The topological polar surface area (TPSA) is 27.7 Å². The van der Waals surface area contributed by atoms with Crippen molar-refractivity contribution in [2.75, 3.05) is 52.4 Å². The molecule has 0 amide bonds. The van der Waals surface area contributed by atoms with Gasteiger partial charge in [0.1, 0.15) is 12.4 Å². The van der Waals surface area contributed by atoms with E-state index in [9.17, 15) is 0 Å². The highest BCUT2D eigenvalue weighted by Crippen LogP contribution is 2.16. The van der Waals surface area contributed by atoms with E-state index in [2.05, 4.69) is 15.1 Å². The Bertz CT molecular complexity index is 426. The van der Waals surface area contributed by atoms with Crippen LogP contribution in [0.1, 0.15) is 6.42 Å². The second-order valence-corrected chi connectivity index (χ2v) is 6.26. The summed E-state index contributed by atoms with van der Waals surface area (Å²) in [5.41, 5.74) is 0. The highest BCUT2D eigenvalue weighted by Gasteiger charge is 2.25. The second-order valence-electron chi connectivity index (χ2n) is 5.83. The highest BCUT2D eigenvalue weighted by atomic mass is 35.5. The largest absolute Gasteiger partial charge is 0.492 e. The van der Waals surface area contributed by atoms with E-state index >= 15 is 0 Å². The molecule has 1 N–H and O–H groups in total. The minimum Gasteiger partial charge on any atom is -0.492 e. The first-order valence-electron chi connectivity index (χ1n) is 7.87. The predicted octanol–water partition coefficient (Wildman–Crippen LogP) is 1.70. The molecular formula is C16H24ClN3O. The normalized spacial score (nSPS) is 24.3. The third-order valence-corrected chi connectivity index (χ3v) is 4.70. The number of rotatable bonds is 5. The van der Waals surface area contributed by atoms with Crippen LogP contribution in [0.4, 0.5) is 0 Å². The van der Waals surface area contributed by atoms with Crippen molar-refractivity contribution in [1.29, 1.82) is 0 Å². The number of hydrogen-bond acceptors (Lipinski definition) is 4. The number of nitrogens with zero attached hydrogens (tertiary/aromatic N) is 2. The summed E-state index contributed by atoms with van der Waals surface area (Å²) in [6, 6.07) is 8.34. The lowest BCUT2D eigenvalue weighted by atomic mass is 10.2. The minimum atomic E-state index is 0.743. The molecule has 0 spiro atoms. The zero-order valence-electron chi connectivity index (χ0n) is 12.4. The van der Waals surface area contributed by atoms with E-state index in [1.807, 2.05) is 24.3 Å². The van der Waals surface area contributed by atoms with Crippen LogP contribution in [0.3, 0.4) is 0 Å². The number of nitrogens with one attached hydrogen (secondary N) is 1. The third kappa shape index (κ3) is 4.33. The van der Waals surface area contributed by atoms with E-state index in [4.69, 9.17) is 16.3 Å². The molecule has 1 aromatic rings. The van der Waals surface area contributed by atoms with Crippen LogP contribution in [-0.4, -0.2) is 68.3 Å². The SMILES string of the molecule is Clc1ccc(OCCN2CCN(C3CCNC3)CC2)cc1. The van der Waals surface area contributed by atoms with Crippen molar-refractivity contribution in [2.45, 2.75) is 12.5 Å². The van der Waals surface area contributed by atoms with Crippen LogP contribution in [0.25, 0.3) is 0 Å². The Morgan fingerprint density at radius 3 is 2.57 bits per heavy atom. The maximum atomic E-state index is 5.86. The van der Waals surface area contributed by atoms with E-state index in [1.165, 1.54) is 32.6 Å². The smallest absolute Gasteiger partial charge is 0.119 e. The standard InChI is InChI=1S/C16H24ClN3O/c17-14-1-3-16(4-2-14)21-12-11-19-7-9-20(10-8-19)15-5-6-18-13-15/h1-4,15,18H,5-13H2. The molecule has 1 unspecified atom stereocenters. The summed E-state index contributed by atoms with van der Waals surface area (Å²) in [5.74, 6) is 0.898. The minimum absolute atomic E-state index is 0.743. The lowest BCUT2D eigenvalue weighted by Crippen LogP contribution is -2.51. The van der Waals surface area contributed by atoms with Gasteiger partial charge in [0.15, 0.2) is 0 Å². The van der Waals surface area contributed by atoms with E-state index < -0.39 is 0 Å². The van der Waals surface area contributed by atoms with Gasteiger partial charge in [-0.2, -0.15) is 0 Å². The summed E-state index contributed by atoms with van der Waals surface area (Å²) in [6.45, 7) is 8.77. The number of halogens is 1. The van der Waals surface area contributed by atoms with Gasteiger partial charge in [-0.25, -0.2) is 0 Å². The molecule has 1 aromatic carbocycles. The lowest BCUT2D eigenvalue weighted by molar-refractivity contribution is 0.0921. The van der Waals surface area contributed by atoms with Gasteiger partial charge in [-0.3, -0.25) is 9.80 Å². The Labute approximate surface area is 132 Å². The van der Waals surface area contributed by atoms with Gasteiger partial charge < -0.3 is 10.1 Å². The van der Waals surface area contributed by atoms with Gasteiger partial charge in [0.2, 0.25) is 0 Å². The second kappa shape index (κ2) is 7.45. The zero-order chi connectivity index (χ0) is 14.5. The highest BCUT2D eigenvalue weighted by molar-refractivity contribution is 6.30. The number of benzene rings is 1. The molecule has 2 saturated heterocycles. The summed E-state index contributed by atoms with van der Waals surface area (Å²) in [5, 5.41) is 4.20. The molecule has 0 aliphatic carbocycles. The Hall–Kier alpha value is -0.810.